The number of halogens is 1. The zero-order valence-electron chi connectivity index (χ0n) is 17.8. The molecule has 166 valence electrons. The fourth-order valence-corrected chi connectivity index (χ4v) is 4.31. The highest BCUT2D eigenvalue weighted by molar-refractivity contribution is 6.34. The van der Waals surface area contributed by atoms with Crippen LogP contribution in [-0.4, -0.2) is 25.0 Å². The second-order valence-electron chi connectivity index (χ2n) is 7.77. The Kier molecular flexibility index (Phi) is 6.81. The van der Waals surface area contributed by atoms with Crippen molar-refractivity contribution in [3.8, 4) is 5.75 Å². The number of hydrogen-bond donors (Lipinski definition) is 1. The minimum absolute atomic E-state index is 0.0926. The van der Waals surface area contributed by atoms with Crippen LogP contribution in [0.3, 0.4) is 0 Å². The normalized spacial score (nSPS) is 14.7. The highest BCUT2D eigenvalue weighted by Gasteiger charge is 2.36. The molecule has 32 heavy (non-hydrogen) atoms. The first-order valence-electron chi connectivity index (χ1n) is 10.6. The molecular weight excluding hydrogens is 428 g/mol. The molecule has 1 fully saturated rings. The van der Waals surface area contributed by atoms with Gasteiger partial charge in [-0.1, -0.05) is 48.7 Å². The summed E-state index contributed by atoms with van der Waals surface area (Å²) in [7, 11) is 1.58. The molecule has 1 aliphatic rings. The largest absolute Gasteiger partial charge is 0.497 e. The van der Waals surface area contributed by atoms with Crippen molar-refractivity contribution in [2.24, 2.45) is 0 Å². The molecule has 7 heteroatoms. The molecule has 1 aromatic heterocycles. The minimum atomic E-state index is -0.945. The number of furan rings is 1. The first-order valence-corrected chi connectivity index (χ1v) is 11.0. The van der Waals surface area contributed by atoms with Gasteiger partial charge in [-0.2, -0.15) is 0 Å². The van der Waals surface area contributed by atoms with Crippen molar-refractivity contribution >= 4 is 29.1 Å². The lowest BCUT2D eigenvalue weighted by atomic mass is 10.0. The van der Waals surface area contributed by atoms with E-state index in [0.29, 0.717) is 22.0 Å². The summed E-state index contributed by atoms with van der Waals surface area (Å²) in [5, 5.41) is 3.50. The molecule has 1 heterocycles. The molecule has 3 aromatic rings. The first-order chi connectivity index (χ1) is 15.6. The molecule has 1 N–H and O–H groups in total. The van der Waals surface area contributed by atoms with Crippen LogP contribution in [0, 0.1) is 0 Å². The highest BCUT2D eigenvalue weighted by atomic mass is 35.5. The molecule has 0 bridgehead atoms. The summed E-state index contributed by atoms with van der Waals surface area (Å²) in [6, 6.07) is 16.5. The molecule has 0 spiro atoms. The Bertz CT molecular complexity index is 1060. The second-order valence-corrected chi connectivity index (χ2v) is 8.18. The number of rotatable bonds is 7. The molecule has 6 nitrogen and oxygen atoms in total. The quantitative estimate of drug-likeness (QED) is 0.521. The Balaban J connectivity index is 1.81. The first kappa shape index (κ1) is 22.0. The molecule has 0 saturated heterocycles. The number of methoxy groups -OCH3 is 1. The number of nitrogens with one attached hydrogen (secondary N) is 1. The number of hydrogen-bond acceptors (Lipinski definition) is 4. The fraction of sp³-hybridized carbons (Fsp3) is 0.280. The number of benzene rings is 2. The van der Waals surface area contributed by atoms with Gasteiger partial charge in [0.15, 0.2) is 5.76 Å². The van der Waals surface area contributed by atoms with Crippen molar-refractivity contribution in [2.45, 2.75) is 37.8 Å². The zero-order valence-corrected chi connectivity index (χ0v) is 18.5. The maximum Gasteiger partial charge on any atom is 0.295 e. The minimum Gasteiger partial charge on any atom is -0.497 e. The predicted octanol–water partition coefficient (Wildman–Crippen LogP) is 5.39. The Morgan fingerprint density at radius 2 is 1.78 bits per heavy atom. The van der Waals surface area contributed by atoms with Gasteiger partial charge in [-0.05, 0) is 54.8 Å². The molecule has 2 amide bonds. The fourth-order valence-electron chi connectivity index (χ4n) is 4.09. The van der Waals surface area contributed by atoms with Gasteiger partial charge in [-0.15, -0.1) is 0 Å². The van der Waals surface area contributed by atoms with Gasteiger partial charge >= 0.3 is 0 Å². The third-order valence-corrected chi connectivity index (χ3v) is 6.02. The van der Waals surface area contributed by atoms with Crippen LogP contribution < -0.4 is 15.0 Å². The summed E-state index contributed by atoms with van der Waals surface area (Å²) in [6.07, 6.45) is 5.45. The van der Waals surface area contributed by atoms with Crippen LogP contribution in [0.1, 0.15) is 47.8 Å². The van der Waals surface area contributed by atoms with Crippen molar-refractivity contribution in [3.63, 3.8) is 0 Å². The van der Waals surface area contributed by atoms with Gasteiger partial charge in [-0.3, -0.25) is 14.5 Å². The van der Waals surface area contributed by atoms with Crippen molar-refractivity contribution in [2.75, 3.05) is 12.0 Å². The van der Waals surface area contributed by atoms with Gasteiger partial charge in [0.25, 0.3) is 5.91 Å². The van der Waals surface area contributed by atoms with Crippen LogP contribution in [0.25, 0.3) is 0 Å². The Morgan fingerprint density at radius 1 is 1.06 bits per heavy atom. The highest BCUT2D eigenvalue weighted by Crippen LogP contribution is 2.35. The number of anilines is 1. The van der Waals surface area contributed by atoms with Crippen molar-refractivity contribution in [1.82, 2.24) is 5.32 Å². The summed E-state index contributed by atoms with van der Waals surface area (Å²) in [6.45, 7) is 0. The zero-order chi connectivity index (χ0) is 22.5. The topological polar surface area (TPSA) is 71.8 Å². The predicted molar refractivity (Wildman–Crippen MR) is 123 cm³/mol. The number of para-hydroxylation sites is 1. The van der Waals surface area contributed by atoms with Gasteiger partial charge < -0.3 is 14.5 Å². The van der Waals surface area contributed by atoms with Crippen LogP contribution in [-0.2, 0) is 4.79 Å². The van der Waals surface area contributed by atoms with E-state index in [2.05, 4.69) is 5.32 Å². The van der Waals surface area contributed by atoms with E-state index in [1.54, 1.807) is 67.8 Å². The Labute approximate surface area is 192 Å². The molecule has 4 rings (SSSR count). The van der Waals surface area contributed by atoms with Gasteiger partial charge in [0.1, 0.15) is 11.8 Å². The van der Waals surface area contributed by atoms with E-state index in [1.807, 2.05) is 0 Å². The van der Waals surface area contributed by atoms with Gasteiger partial charge in [0, 0.05) is 6.04 Å². The van der Waals surface area contributed by atoms with Crippen molar-refractivity contribution in [1.29, 1.82) is 0 Å². The molecule has 1 aliphatic carbocycles. The monoisotopic (exact) mass is 452 g/mol. The van der Waals surface area contributed by atoms with Gasteiger partial charge in [-0.25, -0.2) is 0 Å². The van der Waals surface area contributed by atoms with Crippen LogP contribution in [0.2, 0.25) is 5.02 Å². The molecule has 0 radical (unpaired) electrons. The molecule has 2 aromatic carbocycles. The van der Waals surface area contributed by atoms with Crippen LogP contribution in [0.5, 0.6) is 5.75 Å². The van der Waals surface area contributed by atoms with E-state index >= 15 is 0 Å². The third-order valence-electron chi connectivity index (χ3n) is 5.70. The Morgan fingerprint density at radius 3 is 2.41 bits per heavy atom. The number of carbonyl (C=O) groups excluding carboxylic acids is 2. The molecule has 1 saturated carbocycles. The van der Waals surface area contributed by atoms with Gasteiger partial charge in [0.2, 0.25) is 5.91 Å². The summed E-state index contributed by atoms with van der Waals surface area (Å²) < 4.78 is 10.7. The lowest BCUT2D eigenvalue weighted by molar-refractivity contribution is -0.123. The molecule has 1 atom stereocenters. The lowest BCUT2D eigenvalue weighted by Crippen LogP contribution is -2.46. The molecule has 0 aliphatic heterocycles. The smallest absolute Gasteiger partial charge is 0.295 e. The average molecular weight is 453 g/mol. The number of nitrogens with zero attached hydrogens (tertiary/aromatic N) is 1. The summed E-state index contributed by atoms with van der Waals surface area (Å²) in [4.78, 5) is 28.7. The maximum absolute atomic E-state index is 13.6. The van der Waals surface area contributed by atoms with Crippen LogP contribution in [0.4, 0.5) is 5.69 Å². The SMILES string of the molecule is COc1ccc([C@H](C(=O)NC2CCCC2)N(C(=O)c2ccco2)c2ccccc2Cl)cc1. The van der Waals surface area contributed by atoms with Gasteiger partial charge in [0.05, 0.1) is 24.1 Å². The van der Waals surface area contributed by atoms with Crippen molar-refractivity contribution in [3.05, 3.63) is 83.3 Å². The number of ether oxygens (including phenoxy) is 1. The lowest BCUT2D eigenvalue weighted by Gasteiger charge is -2.32. The molecular formula is C25H25ClN2O4. The number of amides is 2. The van der Waals surface area contributed by atoms with E-state index < -0.39 is 11.9 Å². The maximum atomic E-state index is 13.6. The van der Waals surface area contributed by atoms with Crippen molar-refractivity contribution < 1.29 is 18.7 Å². The number of carbonyl (C=O) groups is 2. The van der Waals surface area contributed by atoms with Crippen LogP contribution in [0.15, 0.2) is 71.3 Å². The van der Waals surface area contributed by atoms with E-state index in [1.165, 1.54) is 11.2 Å². The van der Waals surface area contributed by atoms with E-state index in [9.17, 15) is 9.59 Å². The van der Waals surface area contributed by atoms with E-state index in [-0.39, 0.29) is 17.7 Å². The Hall–Kier alpha value is -3.25. The summed E-state index contributed by atoms with van der Waals surface area (Å²) >= 11 is 6.50. The summed E-state index contributed by atoms with van der Waals surface area (Å²) in [5.74, 6) is 0.0647. The van der Waals surface area contributed by atoms with Crippen LogP contribution >= 0.6 is 11.6 Å². The third kappa shape index (κ3) is 4.65. The van der Waals surface area contributed by atoms with E-state index in [4.69, 9.17) is 20.8 Å². The van der Waals surface area contributed by atoms with E-state index in [0.717, 1.165) is 25.7 Å². The second kappa shape index (κ2) is 9.92. The summed E-state index contributed by atoms with van der Waals surface area (Å²) in [5.41, 5.74) is 1.07. The standard InChI is InChI=1S/C25H25ClN2O4/c1-31-19-14-12-17(13-15-19)23(24(29)27-18-7-2-3-8-18)28(21-10-5-4-9-20(21)26)25(30)22-11-6-16-32-22/h4-6,9-16,18,23H,2-3,7-8H2,1H3,(H,27,29)/t23-/m1/s1. The molecule has 0 unspecified atom stereocenters. The average Bonchev–Trinajstić information content (AvgIpc) is 3.52.